The molecule has 0 bridgehead atoms. The quantitative estimate of drug-likeness (QED) is 0.587. The lowest BCUT2D eigenvalue weighted by Crippen LogP contribution is -2.30. The van der Waals surface area contributed by atoms with Crippen molar-refractivity contribution in [3.63, 3.8) is 0 Å². The Balaban J connectivity index is 2.17. The van der Waals surface area contributed by atoms with E-state index >= 15 is 0 Å². The van der Waals surface area contributed by atoms with Crippen LogP contribution >= 0.6 is 12.2 Å². The normalized spacial score (nSPS) is 29.2. The average molecular weight is 271 g/mol. The van der Waals surface area contributed by atoms with Gasteiger partial charge in [-0.3, -0.25) is 0 Å². The van der Waals surface area contributed by atoms with Gasteiger partial charge in [0.25, 0.3) is 0 Å². The van der Waals surface area contributed by atoms with Gasteiger partial charge in [-0.1, -0.05) is 39.9 Å². The smallest absolute Gasteiger partial charge is 0.0784 e. The third-order valence-corrected chi connectivity index (χ3v) is 5.07. The number of thiocarbonyl (C=S) groups is 1. The van der Waals surface area contributed by atoms with Gasteiger partial charge in [0.1, 0.15) is 0 Å². The summed E-state index contributed by atoms with van der Waals surface area (Å²) in [5, 5.41) is 0. The highest BCUT2D eigenvalue weighted by Gasteiger charge is 2.25. The SMILES string of the molecule is CC1CCC(OCCCC(C)(C)C(N)=S)CC1C. The first-order valence-electron chi connectivity index (χ1n) is 7.24. The second-order valence-electron chi connectivity index (χ2n) is 6.61. The van der Waals surface area contributed by atoms with Gasteiger partial charge in [0, 0.05) is 12.0 Å². The molecule has 0 aromatic rings. The zero-order chi connectivity index (χ0) is 13.8. The van der Waals surface area contributed by atoms with Crippen LogP contribution in [0.3, 0.4) is 0 Å². The van der Waals surface area contributed by atoms with Crippen LogP contribution < -0.4 is 5.73 Å². The Bertz CT molecular complexity index is 278. The zero-order valence-corrected chi connectivity index (χ0v) is 13.2. The lowest BCUT2D eigenvalue weighted by molar-refractivity contribution is -0.000323. The van der Waals surface area contributed by atoms with Crippen LogP contribution in [0, 0.1) is 17.3 Å². The standard InChI is InChI=1S/C15H29NOS/c1-11-6-7-13(10-12(11)2)17-9-5-8-15(3,4)14(16)18/h11-13H,5-10H2,1-4H3,(H2,16,18). The van der Waals surface area contributed by atoms with Crippen LogP contribution in [0.4, 0.5) is 0 Å². The predicted octanol–water partition coefficient (Wildman–Crippen LogP) is 3.92. The first-order valence-corrected chi connectivity index (χ1v) is 7.65. The van der Waals surface area contributed by atoms with E-state index in [9.17, 15) is 0 Å². The molecule has 0 aromatic heterocycles. The van der Waals surface area contributed by atoms with E-state index in [-0.39, 0.29) is 5.41 Å². The molecule has 106 valence electrons. The summed E-state index contributed by atoms with van der Waals surface area (Å²) in [5.41, 5.74) is 5.68. The average Bonchev–Trinajstić information content (AvgIpc) is 2.29. The Morgan fingerprint density at radius 2 is 1.94 bits per heavy atom. The number of ether oxygens (including phenoxy) is 1. The summed E-state index contributed by atoms with van der Waals surface area (Å²) in [6.45, 7) is 9.76. The Kier molecular flexibility index (Phi) is 6.06. The summed E-state index contributed by atoms with van der Waals surface area (Å²) in [5.74, 6) is 1.66. The molecule has 0 aliphatic heterocycles. The van der Waals surface area contributed by atoms with Crippen LogP contribution in [0.15, 0.2) is 0 Å². The molecule has 0 aromatic carbocycles. The molecule has 1 saturated carbocycles. The molecule has 0 amide bonds. The third-order valence-electron chi connectivity index (χ3n) is 4.52. The first-order chi connectivity index (χ1) is 8.33. The molecule has 1 rings (SSSR count). The molecular formula is C15H29NOS. The van der Waals surface area contributed by atoms with Gasteiger partial charge >= 0.3 is 0 Å². The third kappa shape index (κ3) is 4.85. The summed E-state index contributed by atoms with van der Waals surface area (Å²) >= 11 is 5.07. The fraction of sp³-hybridized carbons (Fsp3) is 0.933. The first kappa shape index (κ1) is 15.9. The highest BCUT2D eigenvalue weighted by atomic mass is 32.1. The molecule has 0 saturated heterocycles. The molecule has 2 N–H and O–H groups in total. The lowest BCUT2D eigenvalue weighted by atomic mass is 9.80. The summed E-state index contributed by atoms with van der Waals surface area (Å²) in [4.78, 5) is 0.614. The Hall–Kier alpha value is -0.150. The van der Waals surface area contributed by atoms with Crippen molar-refractivity contribution in [1.29, 1.82) is 0 Å². The van der Waals surface area contributed by atoms with E-state index in [2.05, 4.69) is 27.7 Å². The highest BCUT2D eigenvalue weighted by Crippen LogP contribution is 2.31. The minimum absolute atomic E-state index is 0.0347. The van der Waals surface area contributed by atoms with Gasteiger partial charge in [0.2, 0.25) is 0 Å². The molecular weight excluding hydrogens is 242 g/mol. The van der Waals surface area contributed by atoms with Crippen molar-refractivity contribution in [2.24, 2.45) is 23.0 Å². The van der Waals surface area contributed by atoms with E-state index in [1.165, 1.54) is 19.3 Å². The van der Waals surface area contributed by atoms with Crippen LogP contribution in [0.1, 0.15) is 59.8 Å². The highest BCUT2D eigenvalue weighted by molar-refractivity contribution is 7.80. The van der Waals surface area contributed by atoms with E-state index in [0.29, 0.717) is 11.1 Å². The van der Waals surface area contributed by atoms with E-state index in [1.54, 1.807) is 0 Å². The molecule has 3 unspecified atom stereocenters. The maximum absolute atomic E-state index is 5.99. The minimum atomic E-state index is -0.0347. The fourth-order valence-electron chi connectivity index (χ4n) is 2.54. The van der Waals surface area contributed by atoms with Gasteiger partial charge in [0.15, 0.2) is 0 Å². The largest absolute Gasteiger partial charge is 0.393 e. The second-order valence-corrected chi connectivity index (χ2v) is 7.05. The Morgan fingerprint density at radius 3 is 2.50 bits per heavy atom. The molecule has 1 aliphatic carbocycles. The Morgan fingerprint density at radius 1 is 1.28 bits per heavy atom. The number of hydrogen-bond donors (Lipinski definition) is 1. The van der Waals surface area contributed by atoms with Crippen LogP contribution in [-0.2, 0) is 4.74 Å². The van der Waals surface area contributed by atoms with Crippen LogP contribution in [0.5, 0.6) is 0 Å². The molecule has 18 heavy (non-hydrogen) atoms. The van der Waals surface area contributed by atoms with E-state index in [0.717, 1.165) is 31.3 Å². The summed E-state index contributed by atoms with van der Waals surface area (Å²) in [7, 11) is 0. The minimum Gasteiger partial charge on any atom is -0.393 e. The predicted molar refractivity (Wildman–Crippen MR) is 81.7 cm³/mol. The molecule has 1 aliphatic rings. The monoisotopic (exact) mass is 271 g/mol. The van der Waals surface area contributed by atoms with Crippen LogP contribution in [0.2, 0.25) is 0 Å². The Labute approximate surface area is 118 Å². The van der Waals surface area contributed by atoms with Crippen molar-refractivity contribution < 1.29 is 4.74 Å². The summed E-state index contributed by atoms with van der Waals surface area (Å²) < 4.78 is 5.99. The van der Waals surface area contributed by atoms with Gasteiger partial charge in [-0.2, -0.15) is 0 Å². The molecule has 2 nitrogen and oxygen atoms in total. The summed E-state index contributed by atoms with van der Waals surface area (Å²) in [6.07, 6.45) is 6.30. The van der Waals surface area contributed by atoms with Crippen molar-refractivity contribution in [2.45, 2.75) is 65.9 Å². The molecule has 0 heterocycles. The van der Waals surface area contributed by atoms with Crippen LogP contribution in [-0.4, -0.2) is 17.7 Å². The van der Waals surface area contributed by atoms with Gasteiger partial charge in [-0.25, -0.2) is 0 Å². The van der Waals surface area contributed by atoms with E-state index < -0.39 is 0 Å². The van der Waals surface area contributed by atoms with Crippen molar-refractivity contribution >= 4 is 17.2 Å². The van der Waals surface area contributed by atoms with E-state index in [4.69, 9.17) is 22.7 Å². The number of rotatable bonds is 6. The van der Waals surface area contributed by atoms with Crippen molar-refractivity contribution in [3.05, 3.63) is 0 Å². The maximum atomic E-state index is 5.99. The van der Waals surface area contributed by atoms with Crippen molar-refractivity contribution in [1.82, 2.24) is 0 Å². The second kappa shape index (κ2) is 6.85. The molecule has 1 fully saturated rings. The molecule has 3 heteroatoms. The summed E-state index contributed by atoms with van der Waals surface area (Å²) in [6, 6.07) is 0. The topological polar surface area (TPSA) is 35.2 Å². The van der Waals surface area contributed by atoms with Gasteiger partial charge in [-0.15, -0.1) is 0 Å². The van der Waals surface area contributed by atoms with E-state index in [1.807, 2.05) is 0 Å². The maximum Gasteiger partial charge on any atom is 0.0784 e. The van der Waals surface area contributed by atoms with Crippen molar-refractivity contribution in [3.8, 4) is 0 Å². The van der Waals surface area contributed by atoms with Gasteiger partial charge in [0.05, 0.1) is 11.1 Å². The zero-order valence-electron chi connectivity index (χ0n) is 12.4. The molecule has 0 radical (unpaired) electrons. The number of hydrogen-bond acceptors (Lipinski definition) is 2. The molecule has 3 atom stereocenters. The van der Waals surface area contributed by atoms with Crippen LogP contribution in [0.25, 0.3) is 0 Å². The van der Waals surface area contributed by atoms with Crippen molar-refractivity contribution in [2.75, 3.05) is 6.61 Å². The lowest BCUT2D eigenvalue weighted by Gasteiger charge is -2.32. The fourth-order valence-corrected chi connectivity index (χ4v) is 2.64. The molecule has 0 spiro atoms. The number of nitrogens with two attached hydrogens (primary N) is 1. The van der Waals surface area contributed by atoms with Gasteiger partial charge in [-0.05, 0) is 43.9 Å². The van der Waals surface area contributed by atoms with Gasteiger partial charge < -0.3 is 10.5 Å².